The Kier molecular flexibility index (Phi) is 2.95. The summed E-state index contributed by atoms with van der Waals surface area (Å²) in [4.78, 5) is 11.4. The molecule has 0 saturated carbocycles. The summed E-state index contributed by atoms with van der Waals surface area (Å²) in [5.41, 5.74) is 0. The lowest BCUT2D eigenvalue weighted by Crippen LogP contribution is -2.34. The van der Waals surface area contributed by atoms with Crippen LogP contribution in [0.15, 0.2) is 18.3 Å². The van der Waals surface area contributed by atoms with Gasteiger partial charge >= 0.3 is 6.03 Å². The first-order chi connectivity index (χ1) is 6.15. The van der Waals surface area contributed by atoms with Gasteiger partial charge in [-0.25, -0.2) is 9.36 Å². The molecule has 0 aromatic carbocycles. The van der Waals surface area contributed by atoms with E-state index in [1.807, 2.05) is 13.8 Å². The topological polar surface area (TPSA) is 54.3 Å². The Bertz CT molecular complexity index is 294. The number of amides is 1. The second kappa shape index (κ2) is 3.98. The molecular weight excluding hydrogens is 168 g/mol. The lowest BCUT2D eigenvalue weighted by atomic mass is 10.3. The van der Waals surface area contributed by atoms with E-state index in [-0.39, 0.29) is 18.0 Å². The summed E-state index contributed by atoms with van der Waals surface area (Å²) in [5, 5.41) is 11.9. The standard InChI is InChI=1S/C9H14N2O2/c1-3-7(2)10-9(13)11-6-4-5-8(11)12/h4-7,12H,3H2,1-2H3,(H,10,13). The van der Waals surface area contributed by atoms with Gasteiger partial charge in [-0.1, -0.05) is 6.92 Å². The molecule has 4 heteroatoms. The van der Waals surface area contributed by atoms with Gasteiger partial charge in [0.05, 0.1) is 0 Å². The van der Waals surface area contributed by atoms with Gasteiger partial charge in [0.1, 0.15) is 0 Å². The molecule has 0 radical (unpaired) electrons. The monoisotopic (exact) mass is 182 g/mol. The minimum atomic E-state index is -0.295. The number of hydrogen-bond donors (Lipinski definition) is 2. The summed E-state index contributed by atoms with van der Waals surface area (Å²) in [7, 11) is 0. The number of aromatic nitrogens is 1. The molecule has 0 aliphatic carbocycles. The van der Waals surface area contributed by atoms with Crippen LogP contribution in [0.1, 0.15) is 20.3 Å². The van der Waals surface area contributed by atoms with Gasteiger partial charge in [-0.05, 0) is 19.4 Å². The van der Waals surface area contributed by atoms with Gasteiger partial charge in [0.2, 0.25) is 0 Å². The van der Waals surface area contributed by atoms with E-state index in [0.717, 1.165) is 6.42 Å². The normalized spacial score (nSPS) is 12.5. The molecule has 0 aliphatic heterocycles. The molecule has 13 heavy (non-hydrogen) atoms. The predicted molar refractivity (Wildman–Crippen MR) is 49.8 cm³/mol. The zero-order valence-electron chi connectivity index (χ0n) is 7.82. The Labute approximate surface area is 77.2 Å². The van der Waals surface area contributed by atoms with Crippen molar-refractivity contribution >= 4 is 6.03 Å². The lowest BCUT2D eigenvalue weighted by Gasteiger charge is -2.11. The van der Waals surface area contributed by atoms with E-state index < -0.39 is 0 Å². The third-order valence-corrected chi connectivity index (χ3v) is 1.93. The molecule has 1 amide bonds. The van der Waals surface area contributed by atoms with E-state index in [1.165, 1.54) is 16.8 Å². The number of carbonyl (C=O) groups excluding carboxylic acids is 1. The third-order valence-electron chi connectivity index (χ3n) is 1.93. The van der Waals surface area contributed by atoms with E-state index >= 15 is 0 Å². The highest BCUT2D eigenvalue weighted by Crippen LogP contribution is 2.08. The second-order valence-electron chi connectivity index (χ2n) is 3.00. The largest absolute Gasteiger partial charge is 0.494 e. The highest BCUT2D eigenvalue weighted by Gasteiger charge is 2.09. The molecule has 1 atom stereocenters. The van der Waals surface area contributed by atoms with Crippen LogP contribution in [0.3, 0.4) is 0 Å². The van der Waals surface area contributed by atoms with Crippen molar-refractivity contribution in [3.63, 3.8) is 0 Å². The molecule has 1 rings (SSSR count). The van der Waals surface area contributed by atoms with E-state index in [0.29, 0.717) is 0 Å². The number of hydrogen-bond acceptors (Lipinski definition) is 2. The van der Waals surface area contributed by atoms with E-state index in [4.69, 9.17) is 0 Å². The van der Waals surface area contributed by atoms with Gasteiger partial charge in [-0.3, -0.25) is 0 Å². The van der Waals surface area contributed by atoms with Crippen LogP contribution in [0.5, 0.6) is 5.88 Å². The fraction of sp³-hybridized carbons (Fsp3) is 0.444. The van der Waals surface area contributed by atoms with Crippen molar-refractivity contribution < 1.29 is 9.90 Å². The van der Waals surface area contributed by atoms with Crippen molar-refractivity contribution in [1.29, 1.82) is 0 Å². The second-order valence-corrected chi connectivity index (χ2v) is 3.00. The Morgan fingerprint density at radius 1 is 1.77 bits per heavy atom. The van der Waals surface area contributed by atoms with Crippen molar-refractivity contribution in [2.45, 2.75) is 26.3 Å². The fourth-order valence-electron chi connectivity index (χ4n) is 0.926. The van der Waals surface area contributed by atoms with Crippen LogP contribution in [0.25, 0.3) is 0 Å². The molecule has 1 aromatic rings. The van der Waals surface area contributed by atoms with Gasteiger partial charge in [0.15, 0.2) is 5.88 Å². The van der Waals surface area contributed by atoms with E-state index in [2.05, 4.69) is 5.32 Å². The number of nitrogens with one attached hydrogen (secondary N) is 1. The highest BCUT2D eigenvalue weighted by molar-refractivity contribution is 5.78. The first-order valence-electron chi connectivity index (χ1n) is 4.32. The minimum Gasteiger partial charge on any atom is -0.494 e. The molecule has 4 nitrogen and oxygen atoms in total. The lowest BCUT2D eigenvalue weighted by molar-refractivity contribution is 0.236. The summed E-state index contributed by atoms with van der Waals surface area (Å²) in [5.74, 6) is -0.0409. The maximum absolute atomic E-state index is 11.4. The van der Waals surface area contributed by atoms with Crippen LogP contribution in [0.4, 0.5) is 4.79 Å². The van der Waals surface area contributed by atoms with Gasteiger partial charge < -0.3 is 10.4 Å². The molecule has 0 bridgehead atoms. The maximum atomic E-state index is 11.4. The molecular formula is C9H14N2O2. The Morgan fingerprint density at radius 3 is 2.92 bits per heavy atom. The number of aromatic hydroxyl groups is 1. The molecule has 2 N–H and O–H groups in total. The summed E-state index contributed by atoms with van der Waals surface area (Å²) in [6, 6.07) is 2.91. The zero-order chi connectivity index (χ0) is 9.84. The highest BCUT2D eigenvalue weighted by atomic mass is 16.3. The Hall–Kier alpha value is -1.45. The summed E-state index contributed by atoms with van der Waals surface area (Å²) in [6.45, 7) is 3.90. The summed E-state index contributed by atoms with van der Waals surface area (Å²) < 4.78 is 1.17. The van der Waals surface area contributed by atoms with Gasteiger partial charge in [-0.15, -0.1) is 0 Å². The molecule has 0 saturated heterocycles. The fourth-order valence-corrected chi connectivity index (χ4v) is 0.926. The van der Waals surface area contributed by atoms with Crippen LogP contribution < -0.4 is 5.32 Å². The minimum absolute atomic E-state index is 0.0409. The van der Waals surface area contributed by atoms with Crippen molar-refractivity contribution in [3.05, 3.63) is 18.3 Å². The van der Waals surface area contributed by atoms with Gasteiger partial charge in [0, 0.05) is 18.3 Å². The van der Waals surface area contributed by atoms with E-state index in [9.17, 15) is 9.90 Å². The molecule has 0 aliphatic rings. The van der Waals surface area contributed by atoms with Crippen molar-refractivity contribution in [2.24, 2.45) is 0 Å². The smallest absolute Gasteiger partial charge is 0.328 e. The van der Waals surface area contributed by atoms with Crippen molar-refractivity contribution in [2.75, 3.05) is 0 Å². The SMILES string of the molecule is CCC(C)NC(=O)n1cccc1O. The Balaban J connectivity index is 2.64. The van der Waals surface area contributed by atoms with Crippen molar-refractivity contribution in [1.82, 2.24) is 9.88 Å². The van der Waals surface area contributed by atoms with Crippen LogP contribution in [0, 0.1) is 0 Å². The quantitative estimate of drug-likeness (QED) is 0.729. The van der Waals surface area contributed by atoms with Crippen LogP contribution >= 0.6 is 0 Å². The molecule has 1 aromatic heterocycles. The van der Waals surface area contributed by atoms with Crippen LogP contribution in [0.2, 0.25) is 0 Å². The Morgan fingerprint density at radius 2 is 2.46 bits per heavy atom. The average molecular weight is 182 g/mol. The molecule has 1 heterocycles. The average Bonchev–Trinajstić information content (AvgIpc) is 2.51. The molecule has 1 unspecified atom stereocenters. The maximum Gasteiger partial charge on any atom is 0.328 e. The third kappa shape index (κ3) is 2.24. The van der Waals surface area contributed by atoms with E-state index in [1.54, 1.807) is 6.07 Å². The number of carbonyl (C=O) groups is 1. The van der Waals surface area contributed by atoms with Crippen molar-refractivity contribution in [3.8, 4) is 5.88 Å². The van der Waals surface area contributed by atoms with Crippen LogP contribution in [-0.2, 0) is 0 Å². The first-order valence-corrected chi connectivity index (χ1v) is 4.32. The van der Waals surface area contributed by atoms with Gasteiger partial charge in [-0.2, -0.15) is 0 Å². The molecule has 0 fully saturated rings. The summed E-state index contributed by atoms with van der Waals surface area (Å²) >= 11 is 0. The summed E-state index contributed by atoms with van der Waals surface area (Å²) in [6.07, 6.45) is 2.39. The first kappa shape index (κ1) is 9.64. The molecule has 0 spiro atoms. The zero-order valence-corrected chi connectivity index (χ0v) is 7.82. The van der Waals surface area contributed by atoms with Crippen LogP contribution in [-0.4, -0.2) is 21.7 Å². The molecule has 72 valence electrons. The van der Waals surface area contributed by atoms with Gasteiger partial charge in [0.25, 0.3) is 0 Å². The number of rotatable bonds is 2. The predicted octanol–water partition coefficient (Wildman–Crippen LogP) is 1.55. The number of nitrogens with zero attached hydrogens (tertiary/aromatic N) is 1.